The van der Waals surface area contributed by atoms with Gasteiger partial charge in [-0.25, -0.2) is 22.6 Å². The van der Waals surface area contributed by atoms with E-state index in [-0.39, 0.29) is 38.0 Å². The molecule has 0 atom stereocenters. The van der Waals surface area contributed by atoms with Gasteiger partial charge in [-0.15, -0.1) is 0 Å². The Balaban J connectivity index is 1.16. The summed E-state index contributed by atoms with van der Waals surface area (Å²) in [5, 5.41) is 10.6. The normalized spacial score (nSPS) is 20.9. The van der Waals surface area contributed by atoms with Crippen molar-refractivity contribution in [3.05, 3.63) is 59.8 Å². The molecular formula is C28H29F4N7O. The molecule has 0 radical (unpaired) electrons. The van der Waals surface area contributed by atoms with E-state index < -0.39 is 17.8 Å². The molecule has 8 nitrogen and oxygen atoms in total. The van der Waals surface area contributed by atoms with Gasteiger partial charge in [-0.2, -0.15) is 5.10 Å². The van der Waals surface area contributed by atoms with Crippen molar-refractivity contribution >= 4 is 22.6 Å². The average molecular weight is 556 g/mol. The first-order chi connectivity index (χ1) is 19.1. The number of likely N-dealkylation sites (tertiary alicyclic amines) is 2. The maximum atomic E-state index is 13.6. The molecule has 1 amide bonds. The monoisotopic (exact) mass is 555 g/mol. The first-order valence-corrected chi connectivity index (χ1v) is 13.4. The minimum absolute atomic E-state index is 0.135. The van der Waals surface area contributed by atoms with Crippen LogP contribution in [0, 0.1) is 0 Å². The lowest BCUT2D eigenvalue weighted by Crippen LogP contribution is -2.38. The number of rotatable bonds is 5. The molecule has 2 N–H and O–H groups in total. The quantitative estimate of drug-likeness (QED) is 0.435. The topological polar surface area (TPSA) is 89.5 Å². The predicted molar refractivity (Wildman–Crippen MR) is 142 cm³/mol. The molecule has 12 heteroatoms. The highest BCUT2D eigenvalue weighted by molar-refractivity contribution is 6.06. The Labute approximate surface area is 228 Å². The summed E-state index contributed by atoms with van der Waals surface area (Å²) in [4.78, 5) is 25.4. The predicted octanol–water partition coefficient (Wildman–Crippen LogP) is 4.96. The van der Waals surface area contributed by atoms with Crippen LogP contribution >= 0.6 is 0 Å². The number of aliphatic imine (C=N–C) groups is 1. The van der Waals surface area contributed by atoms with Gasteiger partial charge in [0.05, 0.1) is 12.1 Å². The van der Waals surface area contributed by atoms with Gasteiger partial charge in [0.15, 0.2) is 5.69 Å². The van der Waals surface area contributed by atoms with Crippen LogP contribution < -0.4 is 5.32 Å². The number of pyridine rings is 1. The summed E-state index contributed by atoms with van der Waals surface area (Å²) >= 11 is 0. The van der Waals surface area contributed by atoms with Crippen molar-refractivity contribution in [2.24, 2.45) is 4.99 Å². The third-order valence-electron chi connectivity index (χ3n) is 7.70. The van der Waals surface area contributed by atoms with Crippen LogP contribution in [0.5, 0.6) is 0 Å². The number of amides is 1. The summed E-state index contributed by atoms with van der Waals surface area (Å²) in [5.41, 5.74) is 4.13. The zero-order valence-corrected chi connectivity index (χ0v) is 21.8. The third kappa shape index (κ3) is 5.72. The molecule has 2 saturated heterocycles. The van der Waals surface area contributed by atoms with Crippen LogP contribution in [-0.4, -0.2) is 74.7 Å². The maximum absolute atomic E-state index is 13.6. The molecule has 0 aliphatic carbocycles. The largest absolute Gasteiger partial charge is 0.354 e. The molecule has 2 aromatic heterocycles. The number of amidine groups is 1. The molecule has 0 bridgehead atoms. The van der Waals surface area contributed by atoms with Crippen LogP contribution in [-0.2, 0) is 6.54 Å². The van der Waals surface area contributed by atoms with E-state index in [0.29, 0.717) is 54.9 Å². The second-order valence-electron chi connectivity index (χ2n) is 10.7. The number of allylic oxidation sites excluding steroid dienone is 1. The second kappa shape index (κ2) is 10.3. The number of aromatic nitrogens is 3. The molecule has 3 aliphatic heterocycles. The smallest absolute Gasteiger partial charge is 0.276 e. The number of halogens is 4. The van der Waals surface area contributed by atoms with Crippen LogP contribution in [0.3, 0.4) is 0 Å². The SMILES string of the molecule is O=C(NC1=CN=C(N2CCC(F)(F)C2)CC1)c1n[nH]c2ccc(-c3cncc(CN4CCC(F)(F)CC4)c3)cc12. The molecule has 2 fully saturated rings. The summed E-state index contributed by atoms with van der Waals surface area (Å²) < 4.78 is 54.1. The molecule has 0 unspecified atom stereocenters. The van der Waals surface area contributed by atoms with E-state index in [4.69, 9.17) is 0 Å². The number of nitrogens with one attached hydrogen (secondary N) is 2. The lowest BCUT2D eigenvalue weighted by atomic mass is 10.0. The first kappa shape index (κ1) is 26.4. The molecule has 0 saturated carbocycles. The van der Waals surface area contributed by atoms with E-state index in [2.05, 4.69) is 25.5 Å². The number of hydrogen-bond acceptors (Lipinski definition) is 6. The van der Waals surface area contributed by atoms with Gasteiger partial charge in [-0.3, -0.25) is 19.8 Å². The van der Waals surface area contributed by atoms with Crippen LogP contribution in [0.25, 0.3) is 22.0 Å². The molecule has 1 aromatic carbocycles. The zero-order chi connectivity index (χ0) is 27.9. The van der Waals surface area contributed by atoms with Crippen LogP contribution in [0.1, 0.15) is 48.2 Å². The number of aromatic amines is 1. The van der Waals surface area contributed by atoms with E-state index in [0.717, 1.165) is 16.7 Å². The van der Waals surface area contributed by atoms with Crippen molar-refractivity contribution in [1.82, 2.24) is 30.3 Å². The van der Waals surface area contributed by atoms with E-state index >= 15 is 0 Å². The summed E-state index contributed by atoms with van der Waals surface area (Å²) in [6.07, 6.45) is 5.50. The molecule has 3 aromatic rings. The Kier molecular flexibility index (Phi) is 6.81. The number of hydrogen-bond donors (Lipinski definition) is 2. The van der Waals surface area contributed by atoms with Crippen molar-refractivity contribution in [3.63, 3.8) is 0 Å². The number of benzene rings is 1. The van der Waals surface area contributed by atoms with Crippen molar-refractivity contribution in [2.45, 2.75) is 50.5 Å². The van der Waals surface area contributed by atoms with E-state index in [9.17, 15) is 22.4 Å². The Morgan fingerprint density at radius 3 is 2.50 bits per heavy atom. The van der Waals surface area contributed by atoms with Gasteiger partial charge in [-0.1, -0.05) is 6.07 Å². The Bertz CT molecular complexity index is 1490. The minimum atomic E-state index is -2.69. The molecule has 3 aliphatic rings. The number of alkyl halides is 4. The van der Waals surface area contributed by atoms with Crippen LogP contribution in [0.2, 0.25) is 0 Å². The van der Waals surface area contributed by atoms with Crippen molar-refractivity contribution in [3.8, 4) is 11.1 Å². The lowest BCUT2D eigenvalue weighted by molar-refractivity contribution is -0.0566. The van der Waals surface area contributed by atoms with Crippen molar-refractivity contribution in [1.29, 1.82) is 0 Å². The van der Waals surface area contributed by atoms with Crippen LogP contribution in [0.4, 0.5) is 17.6 Å². The fourth-order valence-corrected chi connectivity index (χ4v) is 5.42. The lowest BCUT2D eigenvalue weighted by Gasteiger charge is -2.31. The number of fused-ring (bicyclic) bond motifs is 1. The standard InChI is InChI=1S/C28H29F4N7O/c29-27(30)5-8-38(9-6-27)16-18-11-20(14-33-13-18)19-1-3-23-22(12-19)25(37-36-23)26(40)35-21-2-4-24(34-15-21)39-10-7-28(31,32)17-39/h1,3,11-15H,2,4-10,16-17H2,(H,35,40)(H,36,37). The molecule has 40 heavy (non-hydrogen) atoms. The molecule has 0 spiro atoms. The number of carbonyl (C=O) groups is 1. The third-order valence-corrected chi connectivity index (χ3v) is 7.70. The molecule has 5 heterocycles. The van der Waals surface area contributed by atoms with E-state index in [1.165, 1.54) is 6.20 Å². The Morgan fingerprint density at radius 2 is 1.77 bits per heavy atom. The Hall–Kier alpha value is -3.80. The summed E-state index contributed by atoms with van der Waals surface area (Å²) in [5.74, 6) is -5.06. The van der Waals surface area contributed by atoms with Crippen LogP contribution in [0.15, 0.2) is 53.5 Å². The number of piperidine rings is 1. The van der Waals surface area contributed by atoms with Gasteiger partial charge in [0.25, 0.3) is 17.8 Å². The Morgan fingerprint density at radius 1 is 0.975 bits per heavy atom. The average Bonchev–Trinajstić information content (AvgIpc) is 3.53. The number of carbonyl (C=O) groups excluding carboxylic acids is 1. The van der Waals surface area contributed by atoms with Gasteiger partial charge in [0, 0.05) is 87.1 Å². The second-order valence-corrected chi connectivity index (χ2v) is 10.7. The van der Waals surface area contributed by atoms with Gasteiger partial charge >= 0.3 is 0 Å². The van der Waals surface area contributed by atoms with Crippen molar-refractivity contribution in [2.75, 3.05) is 26.2 Å². The van der Waals surface area contributed by atoms with Crippen molar-refractivity contribution < 1.29 is 22.4 Å². The van der Waals surface area contributed by atoms with E-state index in [1.807, 2.05) is 29.2 Å². The fraction of sp³-hybridized carbons (Fsp3) is 0.429. The highest BCUT2D eigenvalue weighted by Crippen LogP contribution is 2.31. The zero-order valence-electron chi connectivity index (χ0n) is 21.8. The molecular weight excluding hydrogens is 526 g/mol. The summed E-state index contributed by atoms with van der Waals surface area (Å²) in [7, 11) is 0. The summed E-state index contributed by atoms with van der Waals surface area (Å²) in [6, 6.07) is 7.61. The fourth-order valence-electron chi connectivity index (χ4n) is 5.42. The minimum Gasteiger partial charge on any atom is -0.354 e. The molecule has 6 rings (SSSR count). The highest BCUT2D eigenvalue weighted by atomic mass is 19.3. The highest BCUT2D eigenvalue weighted by Gasteiger charge is 2.39. The maximum Gasteiger partial charge on any atom is 0.276 e. The number of nitrogens with zero attached hydrogens (tertiary/aromatic N) is 5. The van der Waals surface area contributed by atoms with Gasteiger partial charge < -0.3 is 10.2 Å². The van der Waals surface area contributed by atoms with E-state index in [1.54, 1.807) is 17.3 Å². The van der Waals surface area contributed by atoms with Gasteiger partial charge in [-0.05, 0) is 35.7 Å². The summed E-state index contributed by atoms with van der Waals surface area (Å²) in [6.45, 7) is 1.18. The number of H-pyrrole nitrogens is 1. The van der Waals surface area contributed by atoms with Gasteiger partial charge in [0.2, 0.25) is 0 Å². The van der Waals surface area contributed by atoms with Gasteiger partial charge in [0.1, 0.15) is 5.84 Å². The first-order valence-electron chi connectivity index (χ1n) is 13.4. The molecule has 210 valence electrons.